The molecule has 1 heterocycles. The van der Waals surface area contributed by atoms with Gasteiger partial charge in [-0.2, -0.15) is 0 Å². The minimum absolute atomic E-state index is 0.0549. The third-order valence-electron chi connectivity index (χ3n) is 3.66. The van der Waals surface area contributed by atoms with Gasteiger partial charge in [-0.3, -0.25) is 9.36 Å². The molecule has 1 aromatic heterocycles. The number of H-pyrrole nitrogens is 1. The highest BCUT2D eigenvalue weighted by Gasteiger charge is 2.08. The largest absolute Gasteiger partial charge is 0.352 e. The van der Waals surface area contributed by atoms with Gasteiger partial charge in [0.05, 0.1) is 0 Å². The Kier molecular flexibility index (Phi) is 4.62. The Balaban J connectivity index is 1.85. The average molecular weight is 287 g/mol. The fourth-order valence-corrected chi connectivity index (χ4v) is 2.15. The smallest absolute Gasteiger partial charge is 0.325 e. The third-order valence-corrected chi connectivity index (χ3v) is 3.66. The summed E-state index contributed by atoms with van der Waals surface area (Å²) in [6, 6.07) is 8.04. The van der Waals surface area contributed by atoms with Crippen molar-refractivity contribution in [2.45, 2.75) is 40.3 Å². The minimum atomic E-state index is -0.156. The van der Waals surface area contributed by atoms with E-state index in [9.17, 15) is 9.59 Å². The minimum Gasteiger partial charge on any atom is -0.352 e. The first-order chi connectivity index (χ1) is 9.97. The normalized spacial score (nSPS) is 10.6. The number of hydrogen-bond acceptors (Lipinski definition) is 2. The maximum atomic E-state index is 11.8. The van der Waals surface area contributed by atoms with Crippen LogP contribution in [0.25, 0.3) is 0 Å². The Morgan fingerprint density at radius 1 is 1.19 bits per heavy atom. The van der Waals surface area contributed by atoms with Crippen LogP contribution in [0, 0.1) is 20.8 Å². The lowest BCUT2D eigenvalue weighted by Crippen LogP contribution is -2.26. The number of aromatic amines is 1. The molecule has 0 aliphatic carbocycles. The number of rotatable bonds is 5. The molecule has 112 valence electrons. The van der Waals surface area contributed by atoms with Crippen LogP contribution in [-0.4, -0.2) is 15.5 Å². The summed E-state index contributed by atoms with van der Waals surface area (Å²) in [5, 5.41) is 2.87. The summed E-state index contributed by atoms with van der Waals surface area (Å²) in [5.41, 5.74) is 3.84. The maximum absolute atomic E-state index is 11.8. The van der Waals surface area contributed by atoms with Gasteiger partial charge in [0.15, 0.2) is 0 Å². The van der Waals surface area contributed by atoms with Gasteiger partial charge in [0, 0.05) is 30.9 Å². The SMILES string of the molecule is Cc1ccc(CNC(=O)CCn2c(C)c(C)[nH]c2=O)cc1. The fourth-order valence-electron chi connectivity index (χ4n) is 2.15. The van der Waals surface area contributed by atoms with Crippen LogP contribution in [0.5, 0.6) is 0 Å². The molecule has 0 spiro atoms. The molecule has 0 aliphatic heterocycles. The molecular weight excluding hydrogens is 266 g/mol. The Bertz CT molecular complexity index is 681. The summed E-state index contributed by atoms with van der Waals surface area (Å²) >= 11 is 0. The first kappa shape index (κ1) is 15.1. The zero-order valence-electron chi connectivity index (χ0n) is 12.7. The predicted octanol–water partition coefficient (Wildman–Crippen LogP) is 1.81. The number of amides is 1. The van der Waals surface area contributed by atoms with E-state index in [2.05, 4.69) is 10.3 Å². The number of nitrogens with zero attached hydrogens (tertiary/aromatic N) is 1. The zero-order valence-corrected chi connectivity index (χ0v) is 12.7. The van der Waals surface area contributed by atoms with Crippen molar-refractivity contribution < 1.29 is 4.79 Å². The summed E-state index contributed by atoms with van der Waals surface area (Å²) in [6.45, 7) is 6.66. The molecule has 5 heteroatoms. The van der Waals surface area contributed by atoms with E-state index in [1.807, 2.05) is 45.0 Å². The van der Waals surface area contributed by atoms with Crippen molar-refractivity contribution in [3.8, 4) is 0 Å². The van der Waals surface area contributed by atoms with E-state index < -0.39 is 0 Å². The van der Waals surface area contributed by atoms with Crippen molar-refractivity contribution in [1.82, 2.24) is 14.9 Å². The van der Waals surface area contributed by atoms with Gasteiger partial charge in [-0.05, 0) is 26.3 Å². The van der Waals surface area contributed by atoms with E-state index in [0.717, 1.165) is 17.0 Å². The number of nitrogens with one attached hydrogen (secondary N) is 2. The van der Waals surface area contributed by atoms with Crippen molar-refractivity contribution in [1.29, 1.82) is 0 Å². The highest BCUT2D eigenvalue weighted by atomic mass is 16.2. The zero-order chi connectivity index (χ0) is 15.4. The van der Waals surface area contributed by atoms with Crippen molar-refractivity contribution in [2.24, 2.45) is 0 Å². The van der Waals surface area contributed by atoms with Gasteiger partial charge in [-0.1, -0.05) is 29.8 Å². The lowest BCUT2D eigenvalue weighted by Gasteiger charge is -2.07. The fraction of sp³-hybridized carbons (Fsp3) is 0.375. The van der Waals surface area contributed by atoms with E-state index in [-0.39, 0.29) is 11.6 Å². The molecule has 0 unspecified atom stereocenters. The van der Waals surface area contributed by atoms with Crippen LogP contribution in [0.4, 0.5) is 0 Å². The van der Waals surface area contributed by atoms with Crippen molar-refractivity contribution >= 4 is 5.91 Å². The summed E-state index contributed by atoms with van der Waals surface area (Å²) in [5.74, 6) is -0.0549. The molecule has 21 heavy (non-hydrogen) atoms. The quantitative estimate of drug-likeness (QED) is 0.880. The number of aryl methyl sites for hydroxylation is 2. The standard InChI is InChI=1S/C16H21N3O2/c1-11-4-6-14(7-5-11)10-17-15(20)8-9-19-13(3)12(2)18-16(19)21/h4-7H,8-10H2,1-3H3,(H,17,20)(H,18,21). The van der Waals surface area contributed by atoms with Crippen molar-refractivity contribution in [3.05, 3.63) is 57.3 Å². The Hall–Kier alpha value is -2.30. The first-order valence-electron chi connectivity index (χ1n) is 7.05. The number of hydrogen-bond donors (Lipinski definition) is 2. The molecule has 2 N–H and O–H groups in total. The lowest BCUT2D eigenvalue weighted by atomic mass is 10.1. The second-order valence-corrected chi connectivity index (χ2v) is 5.30. The third kappa shape index (κ3) is 3.84. The molecule has 0 fully saturated rings. The molecule has 0 aliphatic rings. The van der Waals surface area contributed by atoms with Crippen LogP contribution in [0.2, 0.25) is 0 Å². The summed E-state index contributed by atoms with van der Waals surface area (Å²) in [6.07, 6.45) is 0.296. The number of carbonyl (C=O) groups excluding carboxylic acids is 1. The van der Waals surface area contributed by atoms with Gasteiger partial charge in [0.2, 0.25) is 5.91 Å². The molecule has 2 rings (SSSR count). The molecule has 5 nitrogen and oxygen atoms in total. The van der Waals surface area contributed by atoms with Gasteiger partial charge in [-0.25, -0.2) is 4.79 Å². The molecular formula is C16H21N3O2. The van der Waals surface area contributed by atoms with Crippen LogP contribution >= 0.6 is 0 Å². The van der Waals surface area contributed by atoms with Crippen molar-refractivity contribution in [2.75, 3.05) is 0 Å². The van der Waals surface area contributed by atoms with Gasteiger partial charge >= 0.3 is 5.69 Å². The van der Waals surface area contributed by atoms with E-state index in [0.29, 0.717) is 19.5 Å². The summed E-state index contributed by atoms with van der Waals surface area (Å²) in [4.78, 5) is 26.2. The lowest BCUT2D eigenvalue weighted by molar-refractivity contribution is -0.121. The average Bonchev–Trinajstić information content (AvgIpc) is 2.69. The van der Waals surface area contributed by atoms with Gasteiger partial charge < -0.3 is 10.3 Å². The first-order valence-corrected chi connectivity index (χ1v) is 7.05. The highest BCUT2D eigenvalue weighted by molar-refractivity contribution is 5.75. The Morgan fingerprint density at radius 2 is 1.86 bits per heavy atom. The van der Waals surface area contributed by atoms with Crippen LogP contribution in [0.15, 0.2) is 29.1 Å². The predicted molar refractivity (Wildman–Crippen MR) is 82.2 cm³/mol. The molecule has 1 amide bonds. The number of aromatic nitrogens is 2. The molecule has 0 saturated heterocycles. The number of benzene rings is 1. The topological polar surface area (TPSA) is 66.9 Å². The Labute approximate surface area is 124 Å². The van der Waals surface area contributed by atoms with Gasteiger partial charge in [0.25, 0.3) is 0 Å². The van der Waals surface area contributed by atoms with Crippen LogP contribution in [0.1, 0.15) is 28.9 Å². The molecule has 0 saturated carbocycles. The van der Waals surface area contributed by atoms with E-state index in [4.69, 9.17) is 0 Å². The molecule has 2 aromatic rings. The second kappa shape index (κ2) is 6.43. The van der Waals surface area contributed by atoms with Crippen LogP contribution in [0.3, 0.4) is 0 Å². The molecule has 0 bridgehead atoms. The molecule has 0 atom stereocenters. The van der Waals surface area contributed by atoms with Gasteiger partial charge in [0.1, 0.15) is 0 Å². The van der Waals surface area contributed by atoms with Crippen LogP contribution in [-0.2, 0) is 17.9 Å². The molecule has 0 radical (unpaired) electrons. The number of carbonyl (C=O) groups is 1. The van der Waals surface area contributed by atoms with E-state index in [1.54, 1.807) is 4.57 Å². The maximum Gasteiger partial charge on any atom is 0.325 e. The van der Waals surface area contributed by atoms with Crippen LogP contribution < -0.4 is 11.0 Å². The van der Waals surface area contributed by atoms with Gasteiger partial charge in [-0.15, -0.1) is 0 Å². The monoisotopic (exact) mass is 287 g/mol. The van der Waals surface area contributed by atoms with Crippen molar-refractivity contribution in [3.63, 3.8) is 0 Å². The summed E-state index contributed by atoms with van der Waals surface area (Å²) in [7, 11) is 0. The van der Waals surface area contributed by atoms with E-state index >= 15 is 0 Å². The Morgan fingerprint density at radius 3 is 2.43 bits per heavy atom. The summed E-state index contributed by atoms with van der Waals surface area (Å²) < 4.78 is 1.60. The number of imidazole rings is 1. The second-order valence-electron chi connectivity index (χ2n) is 5.30. The van der Waals surface area contributed by atoms with E-state index in [1.165, 1.54) is 5.56 Å². The molecule has 1 aromatic carbocycles. The highest BCUT2D eigenvalue weighted by Crippen LogP contribution is 2.03.